The molecule has 3 aromatic rings. The quantitative estimate of drug-likeness (QED) is 0.593. The van der Waals surface area contributed by atoms with E-state index in [2.05, 4.69) is 20.7 Å². The summed E-state index contributed by atoms with van der Waals surface area (Å²) >= 11 is 0. The fourth-order valence-corrected chi connectivity index (χ4v) is 3.38. The van der Waals surface area contributed by atoms with Crippen molar-refractivity contribution in [1.29, 1.82) is 0 Å². The predicted molar refractivity (Wildman–Crippen MR) is 117 cm³/mol. The van der Waals surface area contributed by atoms with Gasteiger partial charge in [-0.15, -0.1) is 0 Å². The Morgan fingerprint density at radius 3 is 2.87 bits per heavy atom. The molecule has 1 saturated heterocycles. The van der Waals surface area contributed by atoms with Crippen LogP contribution in [0.4, 0.5) is 5.69 Å². The van der Waals surface area contributed by atoms with Crippen molar-refractivity contribution in [2.45, 2.75) is 19.0 Å². The van der Waals surface area contributed by atoms with E-state index in [1.165, 1.54) is 11.6 Å². The molecule has 1 unspecified atom stereocenters. The molecule has 1 fully saturated rings. The number of benzene rings is 1. The monoisotopic (exact) mass is 403 g/mol. The first kappa shape index (κ1) is 20.0. The number of anilines is 1. The third kappa shape index (κ3) is 5.20. The molecule has 1 aliphatic heterocycles. The van der Waals surface area contributed by atoms with E-state index in [0.29, 0.717) is 6.04 Å². The Balaban J connectivity index is 1.35. The first-order valence-corrected chi connectivity index (χ1v) is 9.99. The molecule has 2 N–H and O–H groups in total. The van der Waals surface area contributed by atoms with Crippen LogP contribution in [0.15, 0.2) is 61.2 Å². The Hall–Kier alpha value is -3.29. The zero-order chi connectivity index (χ0) is 20.8. The summed E-state index contributed by atoms with van der Waals surface area (Å²) in [7, 11) is 1.87. The summed E-state index contributed by atoms with van der Waals surface area (Å²) in [6.07, 6.45) is 11.5. The summed E-state index contributed by atoms with van der Waals surface area (Å²) in [6.45, 7) is 2.40. The number of aromatic nitrogens is 3. The number of amides is 1. The summed E-state index contributed by atoms with van der Waals surface area (Å²) in [5, 5.41) is 10.6. The van der Waals surface area contributed by atoms with Crippen molar-refractivity contribution in [1.82, 2.24) is 20.1 Å². The van der Waals surface area contributed by atoms with E-state index in [1.54, 1.807) is 29.3 Å². The number of ether oxygens (including phenoxy) is 1. The van der Waals surface area contributed by atoms with Crippen LogP contribution in [0.5, 0.6) is 0 Å². The number of carbonyl (C=O) groups is 1. The van der Waals surface area contributed by atoms with Crippen molar-refractivity contribution in [3.8, 4) is 11.1 Å². The van der Waals surface area contributed by atoms with Crippen molar-refractivity contribution in [2.24, 2.45) is 7.05 Å². The van der Waals surface area contributed by atoms with Crippen molar-refractivity contribution in [3.63, 3.8) is 0 Å². The second-order valence-electron chi connectivity index (χ2n) is 7.33. The van der Waals surface area contributed by atoms with E-state index in [1.807, 2.05) is 43.6 Å². The molecule has 0 bridgehead atoms. The Morgan fingerprint density at radius 2 is 2.13 bits per heavy atom. The maximum atomic E-state index is 12.4. The zero-order valence-corrected chi connectivity index (χ0v) is 16.9. The highest BCUT2D eigenvalue weighted by molar-refractivity contribution is 6.02. The molecule has 0 radical (unpaired) electrons. The average molecular weight is 403 g/mol. The molecule has 1 aliphatic rings. The van der Waals surface area contributed by atoms with E-state index in [9.17, 15) is 4.79 Å². The van der Waals surface area contributed by atoms with Gasteiger partial charge in [0.1, 0.15) is 0 Å². The van der Waals surface area contributed by atoms with E-state index in [-0.39, 0.29) is 5.91 Å². The van der Waals surface area contributed by atoms with Gasteiger partial charge in [-0.1, -0.05) is 12.1 Å². The van der Waals surface area contributed by atoms with Crippen LogP contribution in [0.25, 0.3) is 17.2 Å². The zero-order valence-electron chi connectivity index (χ0n) is 16.9. The third-order valence-electron chi connectivity index (χ3n) is 5.03. The molecular formula is C23H25N5O2. The molecule has 154 valence electrons. The van der Waals surface area contributed by atoms with E-state index in [4.69, 9.17) is 4.74 Å². The Kier molecular flexibility index (Phi) is 6.32. The molecule has 2 aromatic heterocycles. The summed E-state index contributed by atoms with van der Waals surface area (Å²) in [5.41, 5.74) is 4.75. The van der Waals surface area contributed by atoms with Crippen molar-refractivity contribution >= 4 is 17.7 Å². The molecule has 1 aromatic carbocycles. The predicted octanol–water partition coefficient (Wildman–Crippen LogP) is 3.01. The van der Waals surface area contributed by atoms with Crippen LogP contribution in [0.2, 0.25) is 0 Å². The van der Waals surface area contributed by atoms with Gasteiger partial charge in [-0.3, -0.25) is 14.5 Å². The smallest absolute Gasteiger partial charge is 0.248 e. The van der Waals surface area contributed by atoms with Gasteiger partial charge >= 0.3 is 0 Å². The van der Waals surface area contributed by atoms with Gasteiger partial charge in [0.2, 0.25) is 5.91 Å². The van der Waals surface area contributed by atoms with Crippen LogP contribution in [0.3, 0.4) is 0 Å². The van der Waals surface area contributed by atoms with Gasteiger partial charge in [0.15, 0.2) is 0 Å². The summed E-state index contributed by atoms with van der Waals surface area (Å²) < 4.78 is 7.12. The summed E-state index contributed by atoms with van der Waals surface area (Å²) in [5.74, 6) is -0.190. The number of aryl methyl sites for hydroxylation is 1. The van der Waals surface area contributed by atoms with Gasteiger partial charge in [0, 0.05) is 67.7 Å². The fourth-order valence-electron chi connectivity index (χ4n) is 3.38. The Bertz CT molecular complexity index is 1020. The second kappa shape index (κ2) is 9.47. The normalized spacial score (nSPS) is 16.2. The molecule has 1 atom stereocenters. The standard InChI is InChI=1S/C23H25N5O2/c1-28-15-19(14-26-28)22-8-10-24-13-18(22)4-7-23(29)27-20-5-2-17(3-6-20)12-25-21-9-11-30-16-21/h2-8,10,13-15,21,25H,9,11-12,16H2,1H3,(H,27,29)/b7-4+. The summed E-state index contributed by atoms with van der Waals surface area (Å²) in [4.78, 5) is 16.5. The molecule has 1 amide bonds. The topological polar surface area (TPSA) is 81.1 Å². The summed E-state index contributed by atoms with van der Waals surface area (Å²) in [6, 6.07) is 10.2. The lowest BCUT2D eigenvalue weighted by Crippen LogP contribution is -2.28. The van der Waals surface area contributed by atoms with Crippen LogP contribution in [0.1, 0.15) is 17.5 Å². The number of nitrogens with zero attached hydrogens (tertiary/aromatic N) is 3. The van der Waals surface area contributed by atoms with Crippen LogP contribution < -0.4 is 10.6 Å². The second-order valence-corrected chi connectivity index (χ2v) is 7.33. The van der Waals surface area contributed by atoms with Gasteiger partial charge in [-0.05, 0) is 41.8 Å². The number of hydrogen-bond acceptors (Lipinski definition) is 5. The SMILES string of the molecule is Cn1cc(-c2ccncc2/C=C/C(=O)Nc2ccc(CNC3CCOC3)cc2)cn1. The number of rotatable bonds is 7. The fraction of sp³-hybridized carbons (Fsp3) is 0.261. The largest absolute Gasteiger partial charge is 0.380 e. The van der Waals surface area contributed by atoms with Gasteiger partial charge in [-0.2, -0.15) is 5.10 Å². The van der Waals surface area contributed by atoms with Gasteiger partial charge in [-0.25, -0.2) is 0 Å². The lowest BCUT2D eigenvalue weighted by Gasteiger charge is -2.11. The minimum absolute atomic E-state index is 0.190. The van der Waals surface area contributed by atoms with Crippen molar-refractivity contribution in [3.05, 3.63) is 72.3 Å². The van der Waals surface area contributed by atoms with Crippen LogP contribution in [-0.4, -0.2) is 39.9 Å². The van der Waals surface area contributed by atoms with Crippen LogP contribution in [-0.2, 0) is 23.1 Å². The molecular weight excluding hydrogens is 378 g/mol. The lowest BCUT2D eigenvalue weighted by atomic mass is 10.0. The van der Waals surface area contributed by atoms with Gasteiger partial charge < -0.3 is 15.4 Å². The van der Waals surface area contributed by atoms with Crippen LogP contribution in [0, 0.1) is 0 Å². The highest BCUT2D eigenvalue weighted by atomic mass is 16.5. The molecule has 3 heterocycles. The van der Waals surface area contributed by atoms with Crippen molar-refractivity contribution < 1.29 is 9.53 Å². The van der Waals surface area contributed by atoms with Crippen molar-refractivity contribution in [2.75, 3.05) is 18.5 Å². The molecule has 4 rings (SSSR count). The van der Waals surface area contributed by atoms with E-state index >= 15 is 0 Å². The molecule has 30 heavy (non-hydrogen) atoms. The molecule has 0 aliphatic carbocycles. The Labute approximate surface area is 175 Å². The van der Waals surface area contributed by atoms with E-state index in [0.717, 1.165) is 48.6 Å². The van der Waals surface area contributed by atoms with Gasteiger partial charge in [0.25, 0.3) is 0 Å². The third-order valence-corrected chi connectivity index (χ3v) is 5.03. The lowest BCUT2D eigenvalue weighted by molar-refractivity contribution is -0.111. The van der Waals surface area contributed by atoms with Crippen LogP contribution >= 0.6 is 0 Å². The molecule has 0 saturated carbocycles. The van der Waals surface area contributed by atoms with Gasteiger partial charge in [0.05, 0.1) is 12.8 Å². The number of carbonyl (C=O) groups excluding carboxylic acids is 1. The highest BCUT2D eigenvalue weighted by Crippen LogP contribution is 2.23. The molecule has 7 nitrogen and oxygen atoms in total. The first-order valence-electron chi connectivity index (χ1n) is 9.99. The minimum atomic E-state index is -0.190. The molecule has 7 heteroatoms. The highest BCUT2D eigenvalue weighted by Gasteiger charge is 2.14. The maximum Gasteiger partial charge on any atom is 0.248 e. The van der Waals surface area contributed by atoms with E-state index < -0.39 is 0 Å². The minimum Gasteiger partial charge on any atom is -0.380 e. The maximum absolute atomic E-state index is 12.4. The average Bonchev–Trinajstić information content (AvgIpc) is 3.44. The number of pyridine rings is 1. The first-order chi connectivity index (χ1) is 14.7. The number of hydrogen-bond donors (Lipinski definition) is 2. The molecule has 0 spiro atoms. The number of nitrogens with one attached hydrogen (secondary N) is 2. The Morgan fingerprint density at radius 1 is 1.27 bits per heavy atom.